The van der Waals surface area contributed by atoms with Gasteiger partial charge in [-0.05, 0) is 12.1 Å². The van der Waals surface area contributed by atoms with Crippen LogP contribution in [0.1, 0.15) is 6.42 Å². The Kier molecular flexibility index (Phi) is 2.99. The predicted octanol–water partition coefficient (Wildman–Crippen LogP) is 1.31. The molecule has 2 rings (SSSR count). The molecular formula is C12H14N2O3. The predicted molar refractivity (Wildman–Crippen MR) is 61.4 cm³/mol. The Hall–Kier alpha value is -2.04. The molecule has 0 N–H and O–H groups in total. The number of rotatable bonds is 2. The fraction of sp³-hybridized carbons (Fsp3) is 0.333. The van der Waals surface area contributed by atoms with Crippen molar-refractivity contribution in [3.05, 3.63) is 30.3 Å². The summed E-state index contributed by atoms with van der Waals surface area (Å²) in [6.07, 6.45) is -0.359. The number of urea groups is 1. The summed E-state index contributed by atoms with van der Waals surface area (Å²) in [7, 11) is 3.10. The minimum absolute atomic E-state index is 0.174. The lowest BCUT2D eigenvalue weighted by Crippen LogP contribution is -2.55. The number of ether oxygens (including phenoxy) is 1. The molecule has 1 atom stereocenters. The first-order valence-electron chi connectivity index (χ1n) is 5.34. The van der Waals surface area contributed by atoms with E-state index in [2.05, 4.69) is 0 Å². The van der Waals surface area contributed by atoms with Crippen LogP contribution in [-0.2, 0) is 4.79 Å². The largest absolute Gasteiger partial charge is 0.470 e. The number of hydrogen-bond donors (Lipinski definition) is 0. The van der Waals surface area contributed by atoms with Crippen molar-refractivity contribution < 1.29 is 14.3 Å². The maximum atomic E-state index is 11.7. The molecule has 1 heterocycles. The van der Waals surface area contributed by atoms with Crippen molar-refractivity contribution in [2.75, 3.05) is 14.1 Å². The maximum absolute atomic E-state index is 11.7. The van der Waals surface area contributed by atoms with Gasteiger partial charge in [0, 0.05) is 14.1 Å². The summed E-state index contributed by atoms with van der Waals surface area (Å²) in [4.78, 5) is 25.8. The lowest BCUT2D eigenvalue weighted by Gasteiger charge is -2.35. The van der Waals surface area contributed by atoms with Crippen LogP contribution in [-0.4, -0.2) is 42.1 Å². The summed E-state index contributed by atoms with van der Waals surface area (Å²) >= 11 is 0. The quantitative estimate of drug-likeness (QED) is 0.775. The number of benzene rings is 1. The molecule has 3 amide bonds. The van der Waals surface area contributed by atoms with Crippen LogP contribution < -0.4 is 4.74 Å². The molecule has 0 bridgehead atoms. The highest BCUT2D eigenvalue weighted by Crippen LogP contribution is 2.19. The molecule has 90 valence electrons. The van der Waals surface area contributed by atoms with E-state index in [1.54, 1.807) is 19.2 Å². The van der Waals surface area contributed by atoms with Crippen molar-refractivity contribution in [2.45, 2.75) is 12.6 Å². The third-order valence-electron chi connectivity index (χ3n) is 2.76. The van der Waals surface area contributed by atoms with Crippen molar-refractivity contribution in [1.29, 1.82) is 0 Å². The Morgan fingerprint density at radius 3 is 2.47 bits per heavy atom. The third kappa shape index (κ3) is 2.22. The molecule has 0 radical (unpaired) electrons. The molecule has 5 nitrogen and oxygen atoms in total. The highest BCUT2D eigenvalue weighted by molar-refractivity contribution is 5.96. The third-order valence-corrected chi connectivity index (χ3v) is 2.76. The molecule has 0 aromatic heterocycles. The van der Waals surface area contributed by atoms with Gasteiger partial charge in [-0.3, -0.25) is 14.6 Å². The molecule has 1 saturated heterocycles. The zero-order valence-corrected chi connectivity index (χ0v) is 9.79. The highest BCUT2D eigenvalue weighted by atomic mass is 16.5. The SMILES string of the molecule is CN1C(=O)CC(Oc2ccccc2)N(C)C1=O. The summed E-state index contributed by atoms with van der Waals surface area (Å²) in [6.45, 7) is 0. The average molecular weight is 234 g/mol. The molecule has 1 aromatic carbocycles. The minimum atomic E-state index is -0.534. The van der Waals surface area contributed by atoms with Crippen molar-refractivity contribution in [1.82, 2.24) is 9.80 Å². The van der Waals surface area contributed by atoms with E-state index in [0.29, 0.717) is 5.75 Å². The molecule has 1 aliphatic heterocycles. The van der Waals surface area contributed by atoms with Gasteiger partial charge in [0.05, 0.1) is 6.42 Å². The molecule has 0 spiro atoms. The van der Waals surface area contributed by atoms with Crippen molar-refractivity contribution in [3.8, 4) is 5.75 Å². The van der Waals surface area contributed by atoms with E-state index in [0.717, 1.165) is 4.90 Å². The molecular weight excluding hydrogens is 220 g/mol. The molecule has 0 saturated carbocycles. The van der Waals surface area contributed by atoms with Crippen LogP contribution in [0, 0.1) is 0 Å². The summed E-state index contributed by atoms with van der Waals surface area (Å²) < 4.78 is 5.61. The highest BCUT2D eigenvalue weighted by Gasteiger charge is 2.35. The van der Waals surface area contributed by atoms with Gasteiger partial charge in [-0.25, -0.2) is 4.79 Å². The van der Waals surface area contributed by atoms with Gasteiger partial charge in [0.25, 0.3) is 0 Å². The Labute approximate surface area is 99.6 Å². The van der Waals surface area contributed by atoms with Gasteiger partial charge in [0.2, 0.25) is 5.91 Å². The van der Waals surface area contributed by atoms with Crippen LogP contribution in [0.15, 0.2) is 30.3 Å². The number of imide groups is 1. The zero-order chi connectivity index (χ0) is 12.4. The van der Waals surface area contributed by atoms with Gasteiger partial charge >= 0.3 is 6.03 Å². The molecule has 17 heavy (non-hydrogen) atoms. The van der Waals surface area contributed by atoms with Gasteiger partial charge in [-0.15, -0.1) is 0 Å². The normalized spacial score (nSPS) is 20.7. The van der Waals surface area contributed by atoms with E-state index >= 15 is 0 Å². The van der Waals surface area contributed by atoms with Gasteiger partial charge in [0.1, 0.15) is 5.75 Å². The number of carbonyl (C=O) groups excluding carboxylic acids is 2. The molecule has 0 aliphatic carbocycles. The first-order chi connectivity index (χ1) is 8.09. The minimum Gasteiger partial charge on any atom is -0.470 e. The van der Waals surface area contributed by atoms with E-state index in [-0.39, 0.29) is 18.4 Å². The standard InChI is InChI=1S/C12H14N2O3/c1-13-10(15)8-11(14(2)12(13)16)17-9-6-4-3-5-7-9/h3-7,11H,8H2,1-2H3. The van der Waals surface area contributed by atoms with Crippen LogP contribution in [0.25, 0.3) is 0 Å². The van der Waals surface area contributed by atoms with Gasteiger partial charge in [0.15, 0.2) is 6.23 Å². The van der Waals surface area contributed by atoms with E-state index in [9.17, 15) is 9.59 Å². The summed E-state index contributed by atoms with van der Waals surface area (Å²) in [6, 6.07) is 8.80. The average Bonchev–Trinajstić information content (AvgIpc) is 2.35. The van der Waals surface area contributed by atoms with Crippen molar-refractivity contribution in [2.24, 2.45) is 0 Å². The fourth-order valence-corrected chi connectivity index (χ4v) is 1.67. The first-order valence-corrected chi connectivity index (χ1v) is 5.34. The first kappa shape index (κ1) is 11.4. The zero-order valence-electron chi connectivity index (χ0n) is 9.79. The van der Waals surface area contributed by atoms with E-state index in [1.807, 2.05) is 18.2 Å². The fourth-order valence-electron chi connectivity index (χ4n) is 1.67. The summed E-state index contributed by atoms with van der Waals surface area (Å²) in [5.74, 6) is 0.420. The maximum Gasteiger partial charge on any atom is 0.329 e. The molecule has 5 heteroatoms. The molecule has 1 fully saturated rings. The van der Waals surface area contributed by atoms with Crippen LogP contribution >= 0.6 is 0 Å². The lowest BCUT2D eigenvalue weighted by atomic mass is 10.2. The van der Waals surface area contributed by atoms with Crippen LogP contribution in [0.4, 0.5) is 4.79 Å². The number of para-hydroxylation sites is 1. The summed E-state index contributed by atoms with van der Waals surface area (Å²) in [5.41, 5.74) is 0. The topological polar surface area (TPSA) is 49.9 Å². The Morgan fingerprint density at radius 1 is 1.18 bits per heavy atom. The van der Waals surface area contributed by atoms with E-state index in [1.165, 1.54) is 11.9 Å². The molecule has 1 aliphatic rings. The van der Waals surface area contributed by atoms with Crippen molar-refractivity contribution >= 4 is 11.9 Å². The van der Waals surface area contributed by atoms with Gasteiger partial charge < -0.3 is 4.74 Å². The number of nitrogens with zero attached hydrogens (tertiary/aromatic N) is 2. The van der Waals surface area contributed by atoms with Gasteiger partial charge in [-0.2, -0.15) is 0 Å². The monoisotopic (exact) mass is 234 g/mol. The number of amides is 3. The van der Waals surface area contributed by atoms with Crippen LogP contribution in [0.3, 0.4) is 0 Å². The number of carbonyl (C=O) groups is 2. The second kappa shape index (κ2) is 4.45. The molecule has 1 aromatic rings. The van der Waals surface area contributed by atoms with Crippen LogP contribution in [0.5, 0.6) is 5.75 Å². The lowest BCUT2D eigenvalue weighted by molar-refractivity contribution is -0.135. The molecule has 1 unspecified atom stereocenters. The van der Waals surface area contributed by atoms with Crippen LogP contribution in [0.2, 0.25) is 0 Å². The van der Waals surface area contributed by atoms with E-state index in [4.69, 9.17) is 4.74 Å². The Bertz CT molecular complexity index is 433. The smallest absolute Gasteiger partial charge is 0.329 e. The second-order valence-corrected chi connectivity index (χ2v) is 3.94. The van der Waals surface area contributed by atoms with Gasteiger partial charge in [-0.1, -0.05) is 18.2 Å². The van der Waals surface area contributed by atoms with Crippen molar-refractivity contribution in [3.63, 3.8) is 0 Å². The number of hydrogen-bond acceptors (Lipinski definition) is 3. The van der Waals surface area contributed by atoms with E-state index < -0.39 is 6.23 Å². The summed E-state index contributed by atoms with van der Waals surface area (Å²) in [5, 5.41) is 0. The Balaban J connectivity index is 2.12. The Morgan fingerprint density at radius 2 is 1.82 bits per heavy atom. The second-order valence-electron chi connectivity index (χ2n) is 3.94.